The van der Waals surface area contributed by atoms with Gasteiger partial charge in [0.2, 0.25) is 0 Å². The zero-order valence-electron chi connectivity index (χ0n) is 19.3. The van der Waals surface area contributed by atoms with Gasteiger partial charge in [0.25, 0.3) is 5.91 Å². The zero-order chi connectivity index (χ0) is 24.8. The van der Waals surface area contributed by atoms with Crippen LogP contribution in [0.5, 0.6) is 11.5 Å². The van der Waals surface area contributed by atoms with Gasteiger partial charge in [-0.15, -0.1) is 6.58 Å². The van der Waals surface area contributed by atoms with Crippen molar-refractivity contribution in [1.29, 1.82) is 0 Å². The number of carbonyl (C=O) groups is 2. The second-order valence-corrected chi connectivity index (χ2v) is 8.90. The molecule has 0 aliphatic carbocycles. The van der Waals surface area contributed by atoms with Crippen molar-refractivity contribution in [3.05, 3.63) is 112 Å². The van der Waals surface area contributed by atoms with Crippen LogP contribution in [0.2, 0.25) is 0 Å². The number of carbonyl (C=O) groups excluding carboxylic acids is 2. The summed E-state index contributed by atoms with van der Waals surface area (Å²) in [6.45, 7) is 4.43. The third-order valence-corrected chi connectivity index (χ3v) is 6.02. The lowest BCUT2D eigenvalue weighted by Gasteiger charge is -2.16. The number of hydrogen-bond donors (Lipinski definition) is 1. The van der Waals surface area contributed by atoms with E-state index in [1.54, 1.807) is 25.3 Å². The highest BCUT2D eigenvalue weighted by Crippen LogP contribution is 2.35. The number of hydrogen-bond acceptors (Lipinski definition) is 4. The maximum absolute atomic E-state index is 13.0. The van der Waals surface area contributed by atoms with Gasteiger partial charge in [0.15, 0.2) is 11.5 Å². The normalized spacial score (nSPS) is 14.2. The monoisotopic (exact) mass is 532 g/mol. The van der Waals surface area contributed by atoms with E-state index in [1.807, 2.05) is 60.7 Å². The number of urea groups is 1. The van der Waals surface area contributed by atoms with E-state index < -0.39 is 6.03 Å². The molecule has 0 bridgehead atoms. The number of ether oxygens (including phenoxy) is 2. The summed E-state index contributed by atoms with van der Waals surface area (Å²) < 4.78 is 12.6. The number of methoxy groups -OCH3 is 1. The largest absolute Gasteiger partial charge is 0.493 e. The van der Waals surface area contributed by atoms with E-state index >= 15 is 0 Å². The Balaban J connectivity index is 1.59. The molecule has 4 rings (SSSR count). The van der Waals surface area contributed by atoms with Gasteiger partial charge in [-0.2, -0.15) is 0 Å². The van der Waals surface area contributed by atoms with Crippen molar-refractivity contribution in [1.82, 2.24) is 10.2 Å². The molecule has 178 valence electrons. The summed E-state index contributed by atoms with van der Waals surface area (Å²) >= 11 is 3.39. The number of nitrogens with one attached hydrogen (secondary N) is 1. The molecule has 1 aliphatic rings. The summed E-state index contributed by atoms with van der Waals surface area (Å²) in [6, 6.07) is 20.6. The molecule has 0 saturated carbocycles. The molecule has 1 aliphatic heterocycles. The SMILES string of the molecule is C=CCc1cc(/C=C2/NC(=O)N(Cc3ccc(Br)cc3)C2=O)cc(OC)c1OCc1ccccc1. The van der Waals surface area contributed by atoms with E-state index in [-0.39, 0.29) is 18.1 Å². The van der Waals surface area contributed by atoms with Gasteiger partial charge in [-0.25, -0.2) is 4.79 Å². The molecule has 1 fully saturated rings. The van der Waals surface area contributed by atoms with Crippen LogP contribution in [0.25, 0.3) is 6.08 Å². The highest BCUT2D eigenvalue weighted by molar-refractivity contribution is 9.10. The second kappa shape index (κ2) is 11.1. The summed E-state index contributed by atoms with van der Waals surface area (Å²) in [5.74, 6) is 0.777. The van der Waals surface area contributed by atoms with Gasteiger partial charge < -0.3 is 14.8 Å². The molecule has 0 aromatic heterocycles. The second-order valence-electron chi connectivity index (χ2n) is 7.98. The molecule has 1 heterocycles. The van der Waals surface area contributed by atoms with Crippen molar-refractivity contribution in [3.8, 4) is 11.5 Å². The van der Waals surface area contributed by atoms with E-state index in [0.717, 1.165) is 21.2 Å². The maximum Gasteiger partial charge on any atom is 0.329 e. The van der Waals surface area contributed by atoms with Crippen LogP contribution in [0, 0.1) is 0 Å². The van der Waals surface area contributed by atoms with Crippen molar-refractivity contribution in [2.75, 3.05) is 7.11 Å². The predicted molar refractivity (Wildman–Crippen MR) is 139 cm³/mol. The predicted octanol–water partition coefficient (Wildman–Crippen LogP) is 5.86. The maximum atomic E-state index is 13.0. The number of halogens is 1. The zero-order valence-corrected chi connectivity index (χ0v) is 20.9. The van der Waals surface area contributed by atoms with Gasteiger partial charge in [0, 0.05) is 10.0 Å². The van der Waals surface area contributed by atoms with Crippen LogP contribution < -0.4 is 14.8 Å². The van der Waals surface area contributed by atoms with Gasteiger partial charge in [-0.05, 0) is 53.5 Å². The first-order valence-electron chi connectivity index (χ1n) is 11.1. The van der Waals surface area contributed by atoms with E-state index in [0.29, 0.717) is 30.1 Å². The molecule has 1 N–H and O–H groups in total. The Morgan fingerprint density at radius 2 is 1.77 bits per heavy atom. The van der Waals surface area contributed by atoms with Crippen LogP contribution in [0.1, 0.15) is 22.3 Å². The number of allylic oxidation sites excluding steroid dienone is 1. The van der Waals surface area contributed by atoms with E-state index in [2.05, 4.69) is 27.8 Å². The molecule has 0 unspecified atom stereocenters. The summed E-state index contributed by atoms with van der Waals surface area (Å²) in [5, 5.41) is 2.68. The molecule has 7 heteroatoms. The van der Waals surface area contributed by atoms with Crippen LogP contribution in [-0.4, -0.2) is 23.9 Å². The molecule has 3 aromatic carbocycles. The van der Waals surface area contributed by atoms with Gasteiger partial charge in [0.1, 0.15) is 12.3 Å². The average Bonchev–Trinajstić information content (AvgIpc) is 3.12. The Labute approximate surface area is 213 Å². The summed E-state index contributed by atoms with van der Waals surface area (Å²) in [6.07, 6.45) is 3.98. The summed E-state index contributed by atoms with van der Waals surface area (Å²) in [4.78, 5) is 26.7. The fourth-order valence-electron chi connectivity index (χ4n) is 3.77. The van der Waals surface area contributed by atoms with Gasteiger partial charge in [-0.1, -0.05) is 64.5 Å². The Bertz CT molecular complexity index is 1270. The molecule has 35 heavy (non-hydrogen) atoms. The Morgan fingerprint density at radius 1 is 1.03 bits per heavy atom. The lowest BCUT2D eigenvalue weighted by atomic mass is 10.0. The Kier molecular flexibility index (Phi) is 7.67. The first kappa shape index (κ1) is 24.3. The third-order valence-electron chi connectivity index (χ3n) is 5.49. The van der Waals surface area contributed by atoms with Crippen LogP contribution >= 0.6 is 15.9 Å². The topological polar surface area (TPSA) is 67.9 Å². The molecular weight excluding hydrogens is 508 g/mol. The molecular formula is C28H25BrN2O4. The fraction of sp³-hybridized carbons (Fsp3) is 0.143. The van der Waals surface area contributed by atoms with E-state index in [4.69, 9.17) is 9.47 Å². The molecule has 1 saturated heterocycles. The van der Waals surface area contributed by atoms with E-state index in [9.17, 15) is 9.59 Å². The molecule has 0 atom stereocenters. The average molecular weight is 533 g/mol. The van der Waals surface area contributed by atoms with Crippen LogP contribution in [-0.2, 0) is 24.4 Å². The fourth-order valence-corrected chi connectivity index (χ4v) is 4.04. The minimum atomic E-state index is -0.453. The van der Waals surface area contributed by atoms with Crippen molar-refractivity contribution in [2.45, 2.75) is 19.6 Å². The molecule has 6 nitrogen and oxygen atoms in total. The van der Waals surface area contributed by atoms with E-state index in [1.165, 1.54) is 4.90 Å². The van der Waals surface area contributed by atoms with Crippen LogP contribution in [0.4, 0.5) is 4.79 Å². The first-order chi connectivity index (χ1) is 17.0. The molecule has 0 radical (unpaired) electrons. The van der Waals surface area contributed by atoms with Crippen molar-refractivity contribution in [2.24, 2.45) is 0 Å². The Morgan fingerprint density at radius 3 is 2.46 bits per heavy atom. The van der Waals surface area contributed by atoms with Gasteiger partial charge in [-0.3, -0.25) is 9.69 Å². The molecule has 3 aromatic rings. The quantitative estimate of drug-likeness (QED) is 0.213. The highest BCUT2D eigenvalue weighted by Gasteiger charge is 2.33. The smallest absolute Gasteiger partial charge is 0.329 e. The summed E-state index contributed by atoms with van der Waals surface area (Å²) in [7, 11) is 1.57. The van der Waals surface area contributed by atoms with Crippen molar-refractivity contribution >= 4 is 33.9 Å². The number of imide groups is 1. The number of benzene rings is 3. The summed E-state index contributed by atoms with van der Waals surface area (Å²) in [5.41, 5.74) is 3.67. The van der Waals surface area contributed by atoms with Crippen molar-refractivity contribution < 1.29 is 19.1 Å². The number of amides is 3. The Hall–Kier alpha value is -3.84. The number of nitrogens with zero attached hydrogens (tertiary/aromatic N) is 1. The van der Waals surface area contributed by atoms with Gasteiger partial charge in [0.05, 0.1) is 13.7 Å². The standard InChI is InChI=1S/C28H25BrN2O4/c1-3-7-22-14-21(16-25(34-2)26(22)35-18-20-8-5-4-6-9-20)15-24-27(32)31(28(33)30-24)17-19-10-12-23(29)13-11-19/h3-6,8-16H,1,7,17-18H2,2H3,(H,30,33)/b24-15+. The first-order valence-corrected chi connectivity index (χ1v) is 11.9. The third kappa shape index (κ3) is 5.81. The highest BCUT2D eigenvalue weighted by atomic mass is 79.9. The minimum Gasteiger partial charge on any atom is -0.493 e. The van der Waals surface area contributed by atoms with Crippen LogP contribution in [0.15, 0.2) is 89.6 Å². The molecule has 3 amide bonds. The lowest BCUT2D eigenvalue weighted by molar-refractivity contribution is -0.123. The van der Waals surface area contributed by atoms with Gasteiger partial charge >= 0.3 is 6.03 Å². The van der Waals surface area contributed by atoms with Crippen LogP contribution in [0.3, 0.4) is 0 Å². The van der Waals surface area contributed by atoms with Crippen molar-refractivity contribution in [3.63, 3.8) is 0 Å². The minimum absolute atomic E-state index is 0.187. The lowest BCUT2D eigenvalue weighted by Crippen LogP contribution is -2.30. The number of rotatable bonds is 9. The molecule has 0 spiro atoms.